The summed E-state index contributed by atoms with van der Waals surface area (Å²) in [6, 6.07) is 13.1. The molecular formula is C22H29N3O6S2. The van der Waals surface area contributed by atoms with Gasteiger partial charge in [-0.05, 0) is 42.7 Å². The van der Waals surface area contributed by atoms with Crippen LogP contribution in [-0.2, 0) is 36.0 Å². The summed E-state index contributed by atoms with van der Waals surface area (Å²) in [5, 5.41) is 2.88. The van der Waals surface area contributed by atoms with E-state index in [0.717, 1.165) is 11.8 Å². The van der Waals surface area contributed by atoms with Gasteiger partial charge in [0.1, 0.15) is 0 Å². The van der Waals surface area contributed by atoms with E-state index in [4.69, 9.17) is 4.74 Å². The van der Waals surface area contributed by atoms with Gasteiger partial charge < -0.3 is 10.1 Å². The van der Waals surface area contributed by atoms with Crippen molar-refractivity contribution in [3.05, 3.63) is 59.7 Å². The maximum atomic E-state index is 12.7. The summed E-state index contributed by atoms with van der Waals surface area (Å²) < 4.78 is 57.7. The lowest BCUT2D eigenvalue weighted by Crippen LogP contribution is -2.40. The summed E-state index contributed by atoms with van der Waals surface area (Å²) in [6.45, 7) is 3.24. The lowest BCUT2D eigenvalue weighted by atomic mass is 10.1. The van der Waals surface area contributed by atoms with Crippen molar-refractivity contribution in [2.24, 2.45) is 0 Å². The maximum absolute atomic E-state index is 12.7. The molecule has 0 aromatic heterocycles. The molecule has 1 amide bonds. The highest BCUT2D eigenvalue weighted by molar-refractivity contribution is 7.92. The van der Waals surface area contributed by atoms with Crippen molar-refractivity contribution in [1.82, 2.24) is 9.62 Å². The number of nitrogens with zero attached hydrogens (tertiary/aromatic N) is 1. The van der Waals surface area contributed by atoms with E-state index in [1.807, 2.05) is 0 Å². The number of para-hydroxylation sites is 1. The van der Waals surface area contributed by atoms with Gasteiger partial charge in [0.05, 0.1) is 36.1 Å². The highest BCUT2D eigenvalue weighted by Gasteiger charge is 2.26. The average Bonchev–Trinajstić information content (AvgIpc) is 2.78. The zero-order valence-corrected chi connectivity index (χ0v) is 20.3. The van der Waals surface area contributed by atoms with E-state index in [1.54, 1.807) is 55.5 Å². The van der Waals surface area contributed by atoms with Crippen LogP contribution in [0.5, 0.6) is 0 Å². The predicted molar refractivity (Wildman–Crippen MR) is 126 cm³/mol. The second-order valence-electron chi connectivity index (χ2n) is 7.91. The Bertz CT molecular complexity index is 1170. The van der Waals surface area contributed by atoms with E-state index in [1.165, 1.54) is 4.31 Å². The first-order chi connectivity index (χ1) is 15.6. The molecule has 1 heterocycles. The molecule has 2 aromatic rings. The number of hydrogen-bond donors (Lipinski definition) is 2. The molecular weight excluding hydrogens is 466 g/mol. The Morgan fingerprint density at radius 2 is 1.67 bits per heavy atom. The van der Waals surface area contributed by atoms with Crippen LogP contribution in [0.25, 0.3) is 0 Å². The summed E-state index contributed by atoms with van der Waals surface area (Å²) in [7, 11) is -6.99. The topological polar surface area (TPSA) is 122 Å². The molecule has 1 fully saturated rings. The van der Waals surface area contributed by atoms with Crippen LogP contribution in [-0.4, -0.2) is 59.6 Å². The number of nitrogens with one attached hydrogen (secondary N) is 2. The quantitative estimate of drug-likeness (QED) is 0.548. The number of carbonyl (C=O) groups excluding carboxylic acids is 1. The average molecular weight is 496 g/mol. The van der Waals surface area contributed by atoms with E-state index in [-0.39, 0.29) is 17.2 Å². The van der Waals surface area contributed by atoms with Gasteiger partial charge in [-0.2, -0.15) is 4.31 Å². The van der Waals surface area contributed by atoms with E-state index in [0.29, 0.717) is 44.0 Å². The number of carbonyl (C=O) groups is 1. The van der Waals surface area contributed by atoms with Gasteiger partial charge in [0, 0.05) is 19.5 Å². The summed E-state index contributed by atoms with van der Waals surface area (Å²) in [6.07, 6.45) is 1.73. The summed E-state index contributed by atoms with van der Waals surface area (Å²) in [5.41, 5.74) is 1.93. The molecule has 11 heteroatoms. The molecule has 1 aliphatic heterocycles. The van der Waals surface area contributed by atoms with Gasteiger partial charge in [-0.25, -0.2) is 16.8 Å². The van der Waals surface area contributed by atoms with Crippen molar-refractivity contribution in [2.75, 3.05) is 37.3 Å². The smallest absolute Gasteiger partial charge is 0.243 e. The largest absolute Gasteiger partial charge is 0.379 e. The Hall–Kier alpha value is -2.47. The fraction of sp³-hybridized carbons (Fsp3) is 0.409. The van der Waals surface area contributed by atoms with E-state index in [9.17, 15) is 21.6 Å². The molecule has 33 heavy (non-hydrogen) atoms. The molecule has 2 N–H and O–H groups in total. The van der Waals surface area contributed by atoms with Crippen LogP contribution in [0.1, 0.15) is 30.5 Å². The fourth-order valence-electron chi connectivity index (χ4n) is 3.58. The Labute approximate surface area is 195 Å². The SMILES string of the molecule is CC(NC(=O)CCc1ccc(S(=O)(=O)N2CCOCC2)cc1)c1ccccc1NS(C)(=O)=O. The van der Waals surface area contributed by atoms with Gasteiger partial charge in [0.25, 0.3) is 0 Å². The van der Waals surface area contributed by atoms with E-state index >= 15 is 0 Å². The molecule has 1 saturated heterocycles. The van der Waals surface area contributed by atoms with Crippen molar-refractivity contribution in [3.63, 3.8) is 0 Å². The molecule has 0 bridgehead atoms. The fourth-order valence-corrected chi connectivity index (χ4v) is 5.57. The number of aryl methyl sites for hydroxylation is 1. The number of sulfonamides is 2. The van der Waals surface area contributed by atoms with E-state index < -0.39 is 26.1 Å². The minimum atomic E-state index is -3.55. The first-order valence-corrected chi connectivity index (χ1v) is 13.9. The normalized spacial score (nSPS) is 16.2. The number of anilines is 1. The minimum absolute atomic E-state index is 0.193. The van der Waals surface area contributed by atoms with Crippen molar-refractivity contribution in [2.45, 2.75) is 30.7 Å². The standard InChI is InChI=1S/C22H29N3O6S2/c1-17(20-5-3-4-6-21(20)24-32(2,27)28)23-22(26)12-9-18-7-10-19(11-8-18)33(29,30)25-13-15-31-16-14-25/h3-8,10-11,17,24H,9,12-16H2,1-2H3,(H,23,26). The van der Waals surface area contributed by atoms with Crippen LogP contribution >= 0.6 is 0 Å². The first kappa shape index (κ1) is 25.2. The third-order valence-electron chi connectivity index (χ3n) is 5.27. The van der Waals surface area contributed by atoms with Gasteiger partial charge in [-0.1, -0.05) is 30.3 Å². The number of rotatable bonds is 9. The number of morpholine rings is 1. The van der Waals surface area contributed by atoms with Crippen molar-refractivity contribution >= 4 is 31.6 Å². The molecule has 1 aliphatic rings. The maximum Gasteiger partial charge on any atom is 0.243 e. The lowest BCUT2D eigenvalue weighted by molar-refractivity contribution is -0.121. The van der Waals surface area contributed by atoms with Gasteiger partial charge in [0.15, 0.2) is 0 Å². The number of hydrogen-bond acceptors (Lipinski definition) is 6. The molecule has 0 spiro atoms. The van der Waals surface area contributed by atoms with Gasteiger partial charge in [-0.15, -0.1) is 0 Å². The molecule has 9 nitrogen and oxygen atoms in total. The van der Waals surface area contributed by atoms with Crippen LogP contribution in [0.4, 0.5) is 5.69 Å². The summed E-state index contributed by atoms with van der Waals surface area (Å²) in [5.74, 6) is -0.193. The van der Waals surface area contributed by atoms with Gasteiger partial charge >= 0.3 is 0 Å². The highest BCUT2D eigenvalue weighted by atomic mass is 32.2. The van der Waals surface area contributed by atoms with Crippen molar-refractivity contribution in [3.8, 4) is 0 Å². The van der Waals surface area contributed by atoms with Crippen LogP contribution in [0.2, 0.25) is 0 Å². The summed E-state index contributed by atoms with van der Waals surface area (Å²) >= 11 is 0. The molecule has 0 radical (unpaired) electrons. The molecule has 2 aromatic carbocycles. The molecule has 180 valence electrons. The van der Waals surface area contributed by atoms with Gasteiger partial charge in [0.2, 0.25) is 26.0 Å². The van der Waals surface area contributed by atoms with Gasteiger partial charge in [-0.3, -0.25) is 9.52 Å². The summed E-state index contributed by atoms with van der Waals surface area (Å²) in [4.78, 5) is 12.7. The zero-order valence-electron chi connectivity index (χ0n) is 18.7. The number of benzene rings is 2. The number of ether oxygens (including phenoxy) is 1. The van der Waals surface area contributed by atoms with Crippen molar-refractivity contribution < 1.29 is 26.4 Å². The molecule has 3 rings (SSSR count). The molecule has 0 saturated carbocycles. The Morgan fingerprint density at radius 1 is 1.03 bits per heavy atom. The minimum Gasteiger partial charge on any atom is -0.379 e. The lowest BCUT2D eigenvalue weighted by Gasteiger charge is -2.26. The molecule has 1 atom stereocenters. The second kappa shape index (κ2) is 10.6. The Kier molecular flexibility index (Phi) is 8.11. The van der Waals surface area contributed by atoms with Crippen LogP contribution in [0, 0.1) is 0 Å². The first-order valence-electron chi connectivity index (χ1n) is 10.6. The van der Waals surface area contributed by atoms with Crippen LogP contribution in [0.15, 0.2) is 53.4 Å². The molecule has 0 aliphatic carbocycles. The monoisotopic (exact) mass is 495 g/mol. The Balaban J connectivity index is 1.57. The third kappa shape index (κ3) is 7.00. The Morgan fingerprint density at radius 3 is 2.30 bits per heavy atom. The number of amides is 1. The van der Waals surface area contributed by atoms with E-state index in [2.05, 4.69) is 10.0 Å². The van der Waals surface area contributed by atoms with Crippen LogP contribution in [0.3, 0.4) is 0 Å². The third-order valence-corrected chi connectivity index (χ3v) is 7.78. The zero-order chi connectivity index (χ0) is 24.1. The predicted octanol–water partition coefficient (Wildman–Crippen LogP) is 1.89. The second-order valence-corrected chi connectivity index (χ2v) is 11.6. The molecule has 1 unspecified atom stereocenters. The highest BCUT2D eigenvalue weighted by Crippen LogP contribution is 2.23. The van der Waals surface area contributed by atoms with Crippen molar-refractivity contribution in [1.29, 1.82) is 0 Å². The van der Waals surface area contributed by atoms with Crippen LogP contribution < -0.4 is 10.0 Å².